The van der Waals surface area contributed by atoms with Crippen molar-refractivity contribution >= 4 is 22.4 Å². The molecule has 0 atom stereocenters. The molecular formula is C20H19N3O4. The Morgan fingerprint density at radius 2 is 1.70 bits per heavy atom. The number of para-hydroxylation sites is 2. The van der Waals surface area contributed by atoms with Gasteiger partial charge >= 0.3 is 0 Å². The molecule has 1 aromatic heterocycles. The second kappa shape index (κ2) is 7.30. The Morgan fingerprint density at radius 1 is 1.07 bits per heavy atom. The fourth-order valence-electron chi connectivity index (χ4n) is 2.94. The van der Waals surface area contributed by atoms with E-state index in [2.05, 4.69) is 11.1 Å². The lowest BCUT2D eigenvalue weighted by Gasteiger charge is -2.14. The lowest BCUT2D eigenvalue weighted by Crippen LogP contribution is -2.01. The van der Waals surface area contributed by atoms with Crippen molar-refractivity contribution in [1.82, 2.24) is 9.55 Å². The number of aliphatic hydroxyl groups is 1. The lowest BCUT2D eigenvalue weighted by atomic mass is 10.1. The van der Waals surface area contributed by atoms with Gasteiger partial charge in [-0.2, -0.15) is 5.26 Å². The number of nitrogens with zero attached hydrogens (tertiary/aromatic N) is 3. The van der Waals surface area contributed by atoms with E-state index in [1.54, 1.807) is 23.7 Å². The van der Waals surface area contributed by atoms with Gasteiger partial charge in [-0.15, -0.1) is 0 Å². The largest absolute Gasteiger partial charge is 0.506 e. The van der Waals surface area contributed by atoms with Gasteiger partial charge in [-0.05, 0) is 24.3 Å². The summed E-state index contributed by atoms with van der Waals surface area (Å²) in [7, 11) is 6.26. The van der Waals surface area contributed by atoms with Gasteiger partial charge in [0.25, 0.3) is 0 Å². The minimum Gasteiger partial charge on any atom is -0.506 e. The van der Waals surface area contributed by atoms with Crippen LogP contribution in [0.15, 0.2) is 36.4 Å². The molecule has 0 radical (unpaired) electrons. The van der Waals surface area contributed by atoms with Gasteiger partial charge in [-0.3, -0.25) is 0 Å². The highest BCUT2D eigenvalue weighted by molar-refractivity contribution is 5.95. The molecule has 0 amide bonds. The number of ether oxygens (including phenoxy) is 3. The van der Waals surface area contributed by atoms with E-state index in [1.807, 2.05) is 24.3 Å². The molecule has 3 rings (SSSR count). The van der Waals surface area contributed by atoms with Gasteiger partial charge < -0.3 is 23.9 Å². The summed E-state index contributed by atoms with van der Waals surface area (Å²) < 4.78 is 17.7. The van der Waals surface area contributed by atoms with Crippen LogP contribution in [0.1, 0.15) is 11.4 Å². The van der Waals surface area contributed by atoms with Crippen molar-refractivity contribution in [3.63, 3.8) is 0 Å². The van der Waals surface area contributed by atoms with Crippen LogP contribution in [0.3, 0.4) is 0 Å². The second-order valence-corrected chi connectivity index (χ2v) is 5.73. The summed E-state index contributed by atoms with van der Waals surface area (Å²) in [4.78, 5) is 4.48. The van der Waals surface area contributed by atoms with E-state index in [4.69, 9.17) is 14.2 Å². The van der Waals surface area contributed by atoms with Crippen molar-refractivity contribution in [1.29, 1.82) is 5.26 Å². The van der Waals surface area contributed by atoms with Crippen LogP contribution in [-0.2, 0) is 7.05 Å². The van der Waals surface area contributed by atoms with Crippen LogP contribution >= 0.6 is 0 Å². The van der Waals surface area contributed by atoms with Gasteiger partial charge in [-0.1, -0.05) is 12.1 Å². The summed E-state index contributed by atoms with van der Waals surface area (Å²) in [6.45, 7) is 0. The van der Waals surface area contributed by atoms with E-state index in [9.17, 15) is 10.4 Å². The molecule has 138 valence electrons. The number of allylic oxidation sites excluding steroid dienone is 1. The molecule has 0 aliphatic heterocycles. The summed E-state index contributed by atoms with van der Waals surface area (Å²) in [5.74, 6) is 1.29. The Morgan fingerprint density at radius 3 is 2.22 bits per heavy atom. The topological polar surface area (TPSA) is 89.5 Å². The Labute approximate surface area is 156 Å². The van der Waals surface area contributed by atoms with Crippen molar-refractivity contribution in [3.8, 4) is 23.3 Å². The zero-order valence-corrected chi connectivity index (χ0v) is 15.5. The molecule has 27 heavy (non-hydrogen) atoms. The van der Waals surface area contributed by atoms with Crippen LogP contribution < -0.4 is 14.2 Å². The van der Waals surface area contributed by atoms with Crippen LogP contribution in [0, 0.1) is 11.3 Å². The Balaban J connectivity index is 2.24. The monoisotopic (exact) mass is 365 g/mol. The van der Waals surface area contributed by atoms with Gasteiger partial charge in [0.2, 0.25) is 5.75 Å². The summed E-state index contributed by atoms with van der Waals surface area (Å²) >= 11 is 0. The van der Waals surface area contributed by atoms with E-state index in [0.29, 0.717) is 28.6 Å². The third-order valence-electron chi connectivity index (χ3n) is 4.30. The normalized spacial score (nSPS) is 11.7. The standard InChI is InChI=1S/C20H19N3O4/c1-23-15-8-6-5-7-14(15)22-20(23)13(11-21)18(24)12-9-16(25-2)19(27-4)17(10-12)26-3/h5-10,24H,1-4H3. The molecule has 0 bridgehead atoms. The van der Waals surface area contributed by atoms with E-state index in [-0.39, 0.29) is 11.3 Å². The predicted octanol–water partition coefficient (Wildman–Crippen LogP) is 3.55. The minimum absolute atomic E-state index is 0.0444. The Bertz CT molecular complexity index is 1050. The zero-order valence-electron chi connectivity index (χ0n) is 15.5. The van der Waals surface area contributed by atoms with Crippen molar-refractivity contribution < 1.29 is 19.3 Å². The Hall–Kier alpha value is -3.66. The van der Waals surface area contributed by atoms with Gasteiger partial charge in [-0.25, -0.2) is 4.98 Å². The number of hydrogen-bond acceptors (Lipinski definition) is 6. The number of aliphatic hydroxyl groups excluding tert-OH is 1. The maximum Gasteiger partial charge on any atom is 0.203 e. The van der Waals surface area contributed by atoms with Crippen LogP contribution in [-0.4, -0.2) is 36.0 Å². The average molecular weight is 365 g/mol. The molecule has 0 aliphatic rings. The van der Waals surface area contributed by atoms with Gasteiger partial charge in [0.15, 0.2) is 17.3 Å². The number of nitriles is 1. The predicted molar refractivity (Wildman–Crippen MR) is 102 cm³/mol. The molecule has 0 saturated carbocycles. The molecule has 0 unspecified atom stereocenters. The fourth-order valence-corrected chi connectivity index (χ4v) is 2.94. The maximum atomic E-state index is 10.8. The molecule has 0 fully saturated rings. The number of hydrogen-bond donors (Lipinski definition) is 1. The average Bonchev–Trinajstić information content (AvgIpc) is 3.03. The number of aromatic nitrogens is 2. The maximum absolute atomic E-state index is 10.8. The third-order valence-corrected chi connectivity index (χ3v) is 4.30. The van der Waals surface area contributed by atoms with Crippen molar-refractivity contribution in [2.24, 2.45) is 7.05 Å². The first-order valence-corrected chi connectivity index (χ1v) is 8.11. The van der Waals surface area contributed by atoms with Crippen LogP contribution in [0.25, 0.3) is 22.4 Å². The van der Waals surface area contributed by atoms with Gasteiger partial charge in [0, 0.05) is 12.6 Å². The SMILES string of the molecule is COc1cc(C(O)=C(C#N)c2nc3ccccc3n2C)cc(OC)c1OC. The number of rotatable bonds is 5. The summed E-state index contributed by atoms with van der Waals surface area (Å²) in [5, 5.41) is 20.5. The first-order chi connectivity index (χ1) is 13.0. The van der Waals surface area contributed by atoms with E-state index in [1.165, 1.54) is 21.3 Å². The fraction of sp³-hybridized carbons (Fsp3) is 0.200. The van der Waals surface area contributed by atoms with E-state index >= 15 is 0 Å². The third kappa shape index (κ3) is 3.02. The molecule has 2 aromatic carbocycles. The zero-order chi connectivity index (χ0) is 19.6. The molecule has 0 spiro atoms. The lowest BCUT2D eigenvalue weighted by molar-refractivity contribution is 0.324. The summed E-state index contributed by atoms with van der Waals surface area (Å²) in [6.07, 6.45) is 0. The molecule has 3 aromatic rings. The minimum atomic E-state index is -0.227. The van der Waals surface area contributed by atoms with Crippen LogP contribution in [0.2, 0.25) is 0 Å². The molecular weight excluding hydrogens is 346 g/mol. The smallest absolute Gasteiger partial charge is 0.203 e. The summed E-state index contributed by atoms with van der Waals surface area (Å²) in [6, 6.07) is 12.7. The second-order valence-electron chi connectivity index (χ2n) is 5.73. The van der Waals surface area contributed by atoms with E-state index < -0.39 is 0 Å². The highest BCUT2D eigenvalue weighted by Gasteiger charge is 2.21. The summed E-state index contributed by atoms with van der Waals surface area (Å²) in [5.41, 5.74) is 1.99. The number of imidazole rings is 1. The molecule has 0 saturated heterocycles. The molecule has 1 N–H and O–H groups in total. The van der Waals surface area contributed by atoms with Crippen molar-refractivity contribution in [2.45, 2.75) is 0 Å². The number of methoxy groups -OCH3 is 3. The highest BCUT2D eigenvalue weighted by Crippen LogP contribution is 2.40. The first kappa shape index (κ1) is 18.1. The van der Waals surface area contributed by atoms with Crippen molar-refractivity contribution in [2.75, 3.05) is 21.3 Å². The molecule has 0 aliphatic carbocycles. The van der Waals surface area contributed by atoms with E-state index in [0.717, 1.165) is 11.0 Å². The highest BCUT2D eigenvalue weighted by atomic mass is 16.5. The Kier molecular flexibility index (Phi) is 4.90. The molecule has 7 nitrogen and oxygen atoms in total. The molecule has 1 heterocycles. The van der Waals surface area contributed by atoms with Crippen LogP contribution in [0.5, 0.6) is 17.2 Å². The number of benzene rings is 2. The first-order valence-electron chi connectivity index (χ1n) is 8.11. The molecule has 7 heteroatoms. The number of fused-ring (bicyclic) bond motifs is 1. The van der Waals surface area contributed by atoms with Gasteiger partial charge in [0.1, 0.15) is 17.4 Å². The van der Waals surface area contributed by atoms with Crippen molar-refractivity contribution in [3.05, 3.63) is 47.8 Å². The van der Waals surface area contributed by atoms with Crippen LogP contribution in [0.4, 0.5) is 0 Å². The van der Waals surface area contributed by atoms with Gasteiger partial charge in [0.05, 0.1) is 32.4 Å². The number of aryl methyl sites for hydroxylation is 1. The quantitative estimate of drug-likeness (QED) is 0.549.